The summed E-state index contributed by atoms with van der Waals surface area (Å²) in [6.45, 7) is 12.4. The van der Waals surface area contributed by atoms with Crippen molar-refractivity contribution in [1.29, 1.82) is 0 Å². The number of allylic oxidation sites excluding steroid dienone is 1. The van der Waals surface area contributed by atoms with E-state index >= 15 is 0 Å². The average molecular weight is 653 g/mol. The van der Waals surface area contributed by atoms with Gasteiger partial charge in [-0.3, -0.25) is 24.3 Å². The van der Waals surface area contributed by atoms with Crippen LogP contribution in [0, 0.1) is 23.7 Å². The van der Waals surface area contributed by atoms with Crippen molar-refractivity contribution in [2.24, 2.45) is 23.7 Å². The summed E-state index contributed by atoms with van der Waals surface area (Å²) in [4.78, 5) is 64.5. The summed E-state index contributed by atoms with van der Waals surface area (Å²) in [5, 5.41) is 11.3. The van der Waals surface area contributed by atoms with Gasteiger partial charge in [-0.15, -0.1) is 0 Å². The fourth-order valence-corrected chi connectivity index (χ4v) is 7.08. The van der Waals surface area contributed by atoms with Gasteiger partial charge in [-0.05, 0) is 65.2 Å². The number of imidazole rings is 1. The molecule has 0 saturated carbocycles. The number of hydrogen-bond acceptors (Lipinski definition) is 10. The number of Topliss-reactive ketones (excluding diaryl/α,β-unsaturated/α-hetero) is 2. The van der Waals surface area contributed by atoms with E-state index in [0.29, 0.717) is 25.9 Å². The monoisotopic (exact) mass is 652 g/mol. The Morgan fingerprint density at radius 1 is 1.06 bits per heavy atom. The molecule has 1 amide bonds. The summed E-state index contributed by atoms with van der Waals surface area (Å²) in [6, 6.07) is 2.98. The lowest BCUT2D eigenvalue weighted by Crippen LogP contribution is -2.54. The zero-order valence-corrected chi connectivity index (χ0v) is 28.6. The molecule has 2 aromatic heterocycles. The molecule has 2 fully saturated rings. The molecule has 2 aromatic rings. The van der Waals surface area contributed by atoms with Crippen LogP contribution in [0.5, 0.6) is 0 Å². The highest BCUT2D eigenvalue weighted by Crippen LogP contribution is 2.43. The van der Waals surface area contributed by atoms with Gasteiger partial charge in [0.05, 0.1) is 29.8 Å². The Labute approximate surface area is 276 Å². The molecule has 47 heavy (non-hydrogen) atoms. The van der Waals surface area contributed by atoms with E-state index in [0.717, 1.165) is 11.3 Å². The number of aromatic nitrogens is 3. The molecular weight excluding hydrogens is 604 g/mol. The SMILES string of the molecule is C/C=C1\OC(=O)[C@H](C)C(=O)[C@H](C)[C@@H](O)[C@@](C)(OC)C[C@@H](C)C(=O)[C@H](C)[C@H]2N(CCCCn3cnc(-c4cccnc4)c3)C(=O)O[C@]12C. The highest BCUT2D eigenvalue weighted by molar-refractivity contribution is 6.00. The van der Waals surface area contributed by atoms with E-state index in [-0.39, 0.29) is 18.0 Å². The predicted octanol–water partition coefficient (Wildman–Crippen LogP) is 4.60. The molecule has 4 heterocycles. The lowest BCUT2D eigenvalue weighted by atomic mass is 9.74. The smallest absolute Gasteiger partial charge is 0.411 e. The molecule has 8 atom stereocenters. The van der Waals surface area contributed by atoms with Gasteiger partial charge in [0.2, 0.25) is 0 Å². The number of esters is 1. The number of ketones is 2. The van der Waals surface area contributed by atoms with Crippen LogP contribution in [0.3, 0.4) is 0 Å². The molecular formula is C35H48N4O8. The molecule has 2 aliphatic heterocycles. The molecule has 0 aromatic carbocycles. The summed E-state index contributed by atoms with van der Waals surface area (Å²) in [7, 11) is 1.42. The van der Waals surface area contributed by atoms with E-state index in [1.165, 1.54) is 27.0 Å². The maximum absolute atomic E-state index is 14.1. The van der Waals surface area contributed by atoms with Crippen molar-refractivity contribution in [2.75, 3.05) is 13.7 Å². The first-order valence-electron chi connectivity index (χ1n) is 16.3. The molecule has 0 aliphatic carbocycles. The van der Waals surface area contributed by atoms with Crippen LogP contribution in [0.15, 0.2) is 48.9 Å². The van der Waals surface area contributed by atoms with Crippen LogP contribution in [0.1, 0.15) is 67.7 Å². The van der Waals surface area contributed by atoms with Crippen molar-refractivity contribution in [3.8, 4) is 11.3 Å². The largest absolute Gasteiger partial charge is 0.433 e. The van der Waals surface area contributed by atoms with Crippen LogP contribution in [-0.4, -0.2) is 85.2 Å². The second-order valence-electron chi connectivity index (χ2n) is 13.3. The minimum absolute atomic E-state index is 0.0450. The normalized spacial score (nSPS) is 33.4. The summed E-state index contributed by atoms with van der Waals surface area (Å²) in [6.07, 6.45) is 8.21. The highest BCUT2D eigenvalue weighted by atomic mass is 16.6. The summed E-state index contributed by atoms with van der Waals surface area (Å²) < 4.78 is 19.5. The lowest BCUT2D eigenvalue weighted by molar-refractivity contribution is -0.159. The minimum atomic E-state index is -1.50. The third-order valence-electron chi connectivity index (χ3n) is 9.97. The van der Waals surface area contributed by atoms with Crippen LogP contribution < -0.4 is 0 Å². The Morgan fingerprint density at radius 2 is 1.77 bits per heavy atom. The summed E-state index contributed by atoms with van der Waals surface area (Å²) in [5.41, 5.74) is -1.03. The number of nitrogens with zero attached hydrogens (tertiary/aromatic N) is 4. The number of pyridine rings is 1. The van der Waals surface area contributed by atoms with Gasteiger partial charge in [-0.25, -0.2) is 9.78 Å². The number of aryl methyl sites for hydroxylation is 1. The second-order valence-corrected chi connectivity index (χ2v) is 13.3. The van der Waals surface area contributed by atoms with Gasteiger partial charge in [-0.1, -0.05) is 20.8 Å². The number of cyclic esters (lactones) is 1. The number of rotatable bonds is 7. The predicted molar refractivity (Wildman–Crippen MR) is 173 cm³/mol. The Morgan fingerprint density at radius 3 is 2.40 bits per heavy atom. The number of amides is 1. The Kier molecular flexibility index (Phi) is 11.1. The zero-order chi connectivity index (χ0) is 34.7. The van der Waals surface area contributed by atoms with Crippen LogP contribution in [-0.2, 0) is 35.1 Å². The number of methoxy groups -OCH3 is 1. The van der Waals surface area contributed by atoms with E-state index in [9.17, 15) is 24.3 Å². The Balaban J connectivity index is 1.61. The number of unbranched alkanes of at least 4 members (excludes halogenated alkanes) is 1. The van der Waals surface area contributed by atoms with Gasteiger partial charge in [-0.2, -0.15) is 0 Å². The second kappa shape index (κ2) is 14.5. The first kappa shape index (κ1) is 35.9. The molecule has 256 valence electrons. The number of hydrogen-bond donors (Lipinski definition) is 1. The maximum Gasteiger partial charge on any atom is 0.411 e. The number of aliphatic hydroxyl groups excluding tert-OH is 1. The topological polar surface area (TPSA) is 150 Å². The molecule has 1 N–H and O–H groups in total. The molecule has 0 unspecified atom stereocenters. The fourth-order valence-electron chi connectivity index (χ4n) is 7.08. The Hall–Kier alpha value is -3.90. The van der Waals surface area contributed by atoms with E-state index in [2.05, 4.69) is 9.97 Å². The first-order valence-corrected chi connectivity index (χ1v) is 16.3. The number of carbonyl (C=O) groups excluding carboxylic acids is 4. The summed E-state index contributed by atoms with van der Waals surface area (Å²) >= 11 is 0. The molecule has 12 nitrogen and oxygen atoms in total. The number of aliphatic hydroxyl groups is 1. The maximum atomic E-state index is 14.1. The van der Waals surface area contributed by atoms with Gasteiger partial charge < -0.3 is 23.9 Å². The van der Waals surface area contributed by atoms with Crippen molar-refractivity contribution < 1.29 is 38.5 Å². The van der Waals surface area contributed by atoms with E-state index in [1.54, 1.807) is 58.2 Å². The average Bonchev–Trinajstić information content (AvgIpc) is 3.64. The number of ether oxygens (including phenoxy) is 3. The quantitative estimate of drug-likeness (QED) is 0.255. The third kappa shape index (κ3) is 7.18. The molecule has 0 bridgehead atoms. The number of carbonyl (C=O) groups is 4. The van der Waals surface area contributed by atoms with E-state index in [4.69, 9.17) is 14.2 Å². The van der Waals surface area contributed by atoms with Gasteiger partial charge in [0.25, 0.3) is 0 Å². The van der Waals surface area contributed by atoms with Crippen LogP contribution in [0.2, 0.25) is 0 Å². The van der Waals surface area contributed by atoms with Gasteiger partial charge in [0, 0.05) is 62.1 Å². The van der Waals surface area contributed by atoms with Crippen molar-refractivity contribution >= 4 is 23.6 Å². The van der Waals surface area contributed by atoms with Gasteiger partial charge >= 0.3 is 12.1 Å². The van der Waals surface area contributed by atoms with Gasteiger partial charge in [0.1, 0.15) is 17.5 Å². The zero-order valence-electron chi connectivity index (χ0n) is 28.6. The van der Waals surface area contributed by atoms with Crippen molar-refractivity contribution in [3.05, 3.63) is 48.9 Å². The number of fused-ring (bicyclic) bond motifs is 1. The van der Waals surface area contributed by atoms with Crippen LogP contribution in [0.25, 0.3) is 11.3 Å². The van der Waals surface area contributed by atoms with Crippen LogP contribution in [0.4, 0.5) is 4.79 Å². The molecule has 2 aliphatic rings. The Bertz CT molecular complexity index is 1490. The lowest BCUT2D eigenvalue weighted by Gasteiger charge is -2.40. The summed E-state index contributed by atoms with van der Waals surface area (Å²) in [5.74, 6) is -5.05. The van der Waals surface area contributed by atoms with Gasteiger partial charge in [0.15, 0.2) is 11.4 Å². The molecule has 2 saturated heterocycles. The van der Waals surface area contributed by atoms with E-state index < -0.39 is 64.9 Å². The minimum Gasteiger partial charge on any atom is -0.433 e. The standard InChI is InChI=1S/C35H48N4O8/c1-9-27-35(7)30(39(33(44)47-35)16-11-10-15-38-19-26(37-20-38)25-13-12-14-36-18-25)22(3)28(40)21(2)17-34(6,45-8)31(42)23(4)29(41)24(5)32(43)46-27/h9,12-14,18-24,30-31,42H,10-11,15-17H2,1-8H3/b27-9-/t21-,22+,23+,24-,30-,31-,34+,35-/m1/s1. The van der Waals surface area contributed by atoms with Crippen molar-refractivity contribution in [3.63, 3.8) is 0 Å². The van der Waals surface area contributed by atoms with Crippen LogP contribution >= 0.6 is 0 Å². The fraction of sp³-hybridized carbons (Fsp3) is 0.600. The third-order valence-corrected chi connectivity index (χ3v) is 9.97. The highest BCUT2D eigenvalue weighted by Gasteiger charge is 2.58. The molecule has 4 rings (SSSR count). The first-order chi connectivity index (χ1) is 22.2. The van der Waals surface area contributed by atoms with Crippen molar-refractivity contribution in [2.45, 2.75) is 97.6 Å². The molecule has 0 spiro atoms. The molecule has 0 radical (unpaired) electrons. The van der Waals surface area contributed by atoms with E-state index in [1.807, 2.05) is 22.9 Å². The molecule has 12 heteroatoms. The van der Waals surface area contributed by atoms with Crippen molar-refractivity contribution in [1.82, 2.24) is 19.4 Å².